The molecule has 24 heavy (non-hydrogen) atoms. The zero-order valence-electron chi connectivity index (χ0n) is 13.5. The van der Waals surface area contributed by atoms with Crippen LogP contribution in [0.4, 0.5) is 5.69 Å². The van der Waals surface area contributed by atoms with Crippen molar-refractivity contribution in [1.82, 2.24) is 4.72 Å². The molecule has 2 aromatic carbocycles. The molecule has 0 heterocycles. The third-order valence-electron chi connectivity index (χ3n) is 3.44. The third kappa shape index (κ3) is 5.15. The number of rotatable bonds is 6. The Hall–Kier alpha value is -1.70. The van der Waals surface area contributed by atoms with Crippen LogP contribution >= 0.6 is 15.9 Å². The van der Waals surface area contributed by atoms with E-state index in [1.54, 1.807) is 30.3 Å². The van der Waals surface area contributed by atoms with Gasteiger partial charge in [0.1, 0.15) is 0 Å². The van der Waals surface area contributed by atoms with Crippen LogP contribution in [0, 0.1) is 13.8 Å². The van der Waals surface area contributed by atoms with Crippen LogP contribution < -0.4 is 10.0 Å². The van der Waals surface area contributed by atoms with Gasteiger partial charge >= 0.3 is 0 Å². The molecule has 0 aromatic heterocycles. The summed E-state index contributed by atoms with van der Waals surface area (Å²) in [4.78, 5) is 12.2. The molecule has 0 aliphatic carbocycles. The number of sulfonamides is 1. The Bertz CT molecular complexity index is 833. The molecule has 0 aliphatic heterocycles. The van der Waals surface area contributed by atoms with Gasteiger partial charge in [-0.05, 0) is 49.7 Å². The van der Waals surface area contributed by atoms with Crippen LogP contribution in [0.5, 0.6) is 0 Å². The number of carbonyl (C=O) groups is 1. The number of benzene rings is 2. The first-order valence-electron chi connectivity index (χ1n) is 7.40. The number of amides is 1. The lowest BCUT2D eigenvalue weighted by molar-refractivity contribution is -0.116. The van der Waals surface area contributed by atoms with Crippen molar-refractivity contribution in [1.29, 1.82) is 0 Å². The molecular weight excluding hydrogens is 392 g/mol. The minimum absolute atomic E-state index is 0.0393. The fourth-order valence-corrected chi connectivity index (χ4v) is 3.59. The quantitative estimate of drug-likeness (QED) is 0.766. The van der Waals surface area contributed by atoms with Crippen molar-refractivity contribution >= 4 is 37.5 Å². The molecule has 0 fully saturated rings. The van der Waals surface area contributed by atoms with E-state index in [0.29, 0.717) is 5.69 Å². The van der Waals surface area contributed by atoms with Gasteiger partial charge in [-0.3, -0.25) is 4.79 Å². The molecule has 0 spiro atoms. The van der Waals surface area contributed by atoms with E-state index in [1.165, 1.54) is 0 Å². The zero-order valence-corrected chi connectivity index (χ0v) is 15.9. The minimum atomic E-state index is -3.60. The van der Waals surface area contributed by atoms with Crippen molar-refractivity contribution in [2.24, 2.45) is 0 Å². The zero-order chi connectivity index (χ0) is 17.7. The SMILES string of the molecule is Cc1ccc(S(=O)(=O)NCCC(=O)Nc2ccc(Br)cc2C)cc1. The minimum Gasteiger partial charge on any atom is -0.326 e. The molecule has 1 amide bonds. The lowest BCUT2D eigenvalue weighted by Gasteiger charge is -2.10. The van der Waals surface area contributed by atoms with Crippen LogP contribution in [0.25, 0.3) is 0 Å². The van der Waals surface area contributed by atoms with E-state index in [9.17, 15) is 13.2 Å². The van der Waals surface area contributed by atoms with E-state index >= 15 is 0 Å². The van der Waals surface area contributed by atoms with Gasteiger partial charge in [0.2, 0.25) is 15.9 Å². The van der Waals surface area contributed by atoms with E-state index in [0.717, 1.165) is 15.6 Å². The van der Waals surface area contributed by atoms with Crippen molar-refractivity contribution in [2.75, 3.05) is 11.9 Å². The van der Waals surface area contributed by atoms with Crippen LogP contribution in [0.1, 0.15) is 17.5 Å². The van der Waals surface area contributed by atoms with Crippen LogP contribution in [-0.2, 0) is 14.8 Å². The van der Waals surface area contributed by atoms with Crippen molar-refractivity contribution in [3.05, 3.63) is 58.1 Å². The Balaban J connectivity index is 1.89. The highest BCUT2D eigenvalue weighted by Gasteiger charge is 2.14. The van der Waals surface area contributed by atoms with E-state index in [2.05, 4.69) is 26.0 Å². The maximum absolute atomic E-state index is 12.1. The Morgan fingerprint density at radius 1 is 1.08 bits per heavy atom. The van der Waals surface area contributed by atoms with Gasteiger partial charge in [0.15, 0.2) is 0 Å². The van der Waals surface area contributed by atoms with E-state index in [4.69, 9.17) is 0 Å². The fraction of sp³-hybridized carbons (Fsp3) is 0.235. The molecule has 2 rings (SSSR count). The van der Waals surface area contributed by atoms with Crippen molar-refractivity contribution in [3.63, 3.8) is 0 Å². The van der Waals surface area contributed by atoms with Crippen molar-refractivity contribution in [3.8, 4) is 0 Å². The molecule has 0 atom stereocenters. The molecule has 2 N–H and O–H groups in total. The second-order valence-corrected chi connectivity index (χ2v) is 8.15. The maximum atomic E-state index is 12.1. The number of carbonyl (C=O) groups excluding carboxylic acids is 1. The highest BCUT2D eigenvalue weighted by molar-refractivity contribution is 9.10. The predicted octanol–water partition coefficient (Wildman–Crippen LogP) is 3.37. The number of hydrogen-bond donors (Lipinski definition) is 2. The molecule has 0 saturated heterocycles. The van der Waals surface area contributed by atoms with Crippen molar-refractivity contribution < 1.29 is 13.2 Å². The number of hydrogen-bond acceptors (Lipinski definition) is 3. The molecule has 0 unspecified atom stereocenters. The van der Waals surface area contributed by atoms with Gasteiger partial charge < -0.3 is 5.32 Å². The monoisotopic (exact) mass is 410 g/mol. The molecule has 2 aromatic rings. The summed E-state index contributed by atoms with van der Waals surface area (Å²) < 4.78 is 27.6. The summed E-state index contributed by atoms with van der Waals surface area (Å²) in [7, 11) is -3.60. The maximum Gasteiger partial charge on any atom is 0.240 e. The van der Waals surface area contributed by atoms with Gasteiger partial charge in [-0.1, -0.05) is 33.6 Å². The van der Waals surface area contributed by atoms with Crippen LogP contribution in [0.2, 0.25) is 0 Å². The molecule has 0 radical (unpaired) electrons. The van der Waals surface area contributed by atoms with E-state index in [1.807, 2.05) is 26.0 Å². The Morgan fingerprint density at radius 2 is 1.75 bits per heavy atom. The van der Waals surface area contributed by atoms with Gasteiger partial charge in [-0.2, -0.15) is 0 Å². The summed E-state index contributed by atoms with van der Waals surface area (Å²) in [5, 5.41) is 2.78. The van der Waals surface area contributed by atoms with Crippen LogP contribution in [0.15, 0.2) is 51.8 Å². The summed E-state index contributed by atoms with van der Waals surface area (Å²) in [5.74, 6) is -0.243. The second kappa shape index (κ2) is 7.92. The molecule has 0 aliphatic rings. The van der Waals surface area contributed by atoms with Gasteiger partial charge in [-0.15, -0.1) is 0 Å². The van der Waals surface area contributed by atoms with Gasteiger partial charge in [0, 0.05) is 23.1 Å². The van der Waals surface area contributed by atoms with Gasteiger partial charge in [0.05, 0.1) is 4.90 Å². The first kappa shape index (κ1) is 18.6. The van der Waals surface area contributed by atoms with Crippen LogP contribution in [0.3, 0.4) is 0 Å². The third-order valence-corrected chi connectivity index (χ3v) is 5.41. The Kier molecular flexibility index (Phi) is 6.15. The Morgan fingerprint density at radius 3 is 2.38 bits per heavy atom. The highest BCUT2D eigenvalue weighted by atomic mass is 79.9. The molecule has 0 bridgehead atoms. The largest absolute Gasteiger partial charge is 0.326 e. The first-order chi connectivity index (χ1) is 11.3. The average Bonchev–Trinajstić information content (AvgIpc) is 2.50. The number of aryl methyl sites for hydroxylation is 2. The standard InChI is InChI=1S/C17H19BrN2O3S/c1-12-3-6-15(7-4-12)24(22,23)19-10-9-17(21)20-16-8-5-14(18)11-13(16)2/h3-8,11,19H,9-10H2,1-2H3,(H,20,21). The number of halogens is 1. The van der Waals surface area contributed by atoms with Crippen molar-refractivity contribution in [2.45, 2.75) is 25.2 Å². The van der Waals surface area contributed by atoms with Gasteiger partial charge in [-0.25, -0.2) is 13.1 Å². The highest BCUT2D eigenvalue weighted by Crippen LogP contribution is 2.20. The smallest absolute Gasteiger partial charge is 0.240 e. The van der Waals surface area contributed by atoms with Gasteiger partial charge in [0.25, 0.3) is 0 Å². The first-order valence-corrected chi connectivity index (χ1v) is 9.68. The summed E-state index contributed by atoms with van der Waals surface area (Å²) in [6, 6.07) is 12.1. The normalized spacial score (nSPS) is 11.3. The number of anilines is 1. The lowest BCUT2D eigenvalue weighted by Crippen LogP contribution is -2.28. The summed E-state index contributed by atoms with van der Waals surface area (Å²) in [5.41, 5.74) is 2.63. The van der Waals surface area contributed by atoms with E-state index < -0.39 is 10.0 Å². The lowest BCUT2D eigenvalue weighted by atomic mass is 10.2. The summed E-state index contributed by atoms with van der Waals surface area (Å²) >= 11 is 3.36. The molecule has 5 nitrogen and oxygen atoms in total. The predicted molar refractivity (Wildman–Crippen MR) is 98.5 cm³/mol. The molecular formula is C17H19BrN2O3S. The Labute approximate surface area is 150 Å². The second-order valence-electron chi connectivity index (χ2n) is 5.47. The number of nitrogens with one attached hydrogen (secondary N) is 2. The molecule has 0 saturated carbocycles. The van der Waals surface area contributed by atoms with Crippen LogP contribution in [-0.4, -0.2) is 20.9 Å². The summed E-state index contributed by atoms with van der Waals surface area (Å²) in [6.45, 7) is 3.82. The topological polar surface area (TPSA) is 75.3 Å². The summed E-state index contributed by atoms with van der Waals surface area (Å²) in [6.07, 6.45) is 0.0561. The molecule has 7 heteroatoms. The molecule has 128 valence electrons. The average molecular weight is 411 g/mol. The fourth-order valence-electron chi connectivity index (χ4n) is 2.08. The van der Waals surface area contributed by atoms with E-state index in [-0.39, 0.29) is 23.8 Å².